The molecule has 0 fully saturated rings. The first-order valence-corrected chi connectivity index (χ1v) is 15.8. The molecule has 2 heteroatoms. The molecule has 0 bridgehead atoms. The van der Waals surface area contributed by atoms with Crippen molar-refractivity contribution in [1.29, 1.82) is 0 Å². The van der Waals surface area contributed by atoms with Crippen molar-refractivity contribution in [2.24, 2.45) is 0 Å². The molecule has 0 saturated carbocycles. The average molecular weight is 658 g/mol. The molecule has 0 radical (unpaired) electrons. The van der Waals surface area contributed by atoms with Crippen LogP contribution in [0.3, 0.4) is 0 Å². The predicted molar refractivity (Wildman–Crippen MR) is 210 cm³/mol. The molecule has 2 nitrogen and oxygen atoms in total. The highest BCUT2D eigenvalue weighted by Gasteiger charge is 2.35. The van der Waals surface area contributed by atoms with Crippen LogP contribution in [0.15, 0.2) is 170 Å². The zero-order valence-corrected chi connectivity index (χ0v) is 26.1. The Hall–Kier alpha value is -6.25. The fourth-order valence-corrected chi connectivity index (χ4v) is 7.22. The number of hydrogen-bond acceptors (Lipinski definition) is 1. The van der Waals surface area contributed by atoms with Gasteiger partial charge >= 0.3 is 0 Å². The first kappa shape index (κ1) is 15.5. The van der Waals surface area contributed by atoms with Gasteiger partial charge in [-0.25, -0.2) is 4.98 Å². The maximum absolute atomic E-state index is 9.45. The van der Waals surface area contributed by atoms with Crippen molar-refractivity contribution in [2.45, 2.75) is 19.1 Å². The number of imidazole rings is 1. The first-order valence-electron chi connectivity index (χ1n) is 25.3. The Labute approximate surface area is 318 Å². The highest BCUT2D eigenvalue weighted by Crippen LogP contribution is 2.51. The normalized spacial score (nSPS) is 19.1. The third-order valence-corrected chi connectivity index (χ3v) is 9.41. The molecule has 0 spiro atoms. The number of para-hydroxylation sites is 3. The van der Waals surface area contributed by atoms with Crippen LogP contribution < -0.4 is 0 Å². The maximum Gasteiger partial charge on any atom is 0.145 e. The lowest BCUT2D eigenvalue weighted by atomic mass is 9.80. The number of benzene rings is 8. The van der Waals surface area contributed by atoms with Crippen LogP contribution in [0.2, 0.25) is 0 Å². The molecular weight excluding hydrogens is 605 g/mol. The van der Waals surface area contributed by atoms with E-state index < -0.39 is 97.7 Å². The second-order valence-electron chi connectivity index (χ2n) is 12.1. The SMILES string of the molecule is [2H]c1c([2H])c([2H])c(-n2c(-c3ccc(-c4c5c([2H])c([2H])c([2H])c([2H])c5c(-c5ccc6c(c5)C(C([2H])([2H])[2H])(C([2H])([2H])[2H])c5ccccc5-6)c5c([2H])c([2H])c([2H])c([2H])c45)cc3)nc3ccccc32)c([2H])c1[2H]. The minimum atomic E-state index is -3.16. The molecule has 0 saturated heterocycles. The van der Waals surface area contributed by atoms with Crippen molar-refractivity contribution in [1.82, 2.24) is 9.55 Å². The molecule has 50 heavy (non-hydrogen) atoms. The summed E-state index contributed by atoms with van der Waals surface area (Å²) in [7, 11) is 0. The topological polar surface area (TPSA) is 17.8 Å². The van der Waals surface area contributed by atoms with Gasteiger partial charge in [-0.2, -0.15) is 0 Å². The van der Waals surface area contributed by atoms with E-state index in [-0.39, 0.29) is 66.4 Å². The van der Waals surface area contributed by atoms with Gasteiger partial charge in [-0.3, -0.25) is 4.57 Å². The van der Waals surface area contributed by atoms with Crippen LogP contribution in [0.4, 0.5) is 0 Å². The van der Waals surface area contributed by atoms with Gasteiger partial charge in [0.15, 0.2) is 0 Å². The smallest absolute Gasteiger partial charge is 0.145 e. The van der Waals surface area contributed by atoms with Gasteiger partial charge in [-0.1, -0.05) is 153 Å². The minimum Gasteiger partial charge on any atom is -0.292 e. The van der Waals surface area contributed by atoms with E-state index in [4.69, 9.17) is 25.5 Å². The fourth-order valence-electron chi connectivity index (χ4n) is 7.22. The molecule has 0 amide bonds. The summed E-state index contributed by atoms with van der Waals surface area (Å²) < 4.78 is 170. The lowest BCUT2D eigenvalue weighted by Crippen LogP contribution is -2.14. The zero-order chi connectivity index (χ0) is 49.7. The average Bonchev–Trinajstić information content (AvgIpc) is 3.86. The van der Waals surface area contributed by atoms with Crippen LogP contribution >= 0.6 is 0 Å². The van der Waals surface area contributed by atoms with Gasteiger partial charge in [0.2, 0.25) is 0 Å². The van der Waals surface area contributed by atoms with E-state index in [2.05, 4.69) is 0 Å². The van der Waals surface area contributed by atoms with E-state index in [9.17, 15) is 5.48 Å². The number of nitrogens with zero attached hydrogens (tertiary/aromatic N) is 2. The largest absolute Gasteiger partial charge is 0.292 e. The molecule has 0 unspecified atom stereocenters. The molecule has 0 aliphatic heterocycles. The zero-order valence-electron chi connectivity index (χ0n) is 45.1. The van der Waals surface area contributed by atoms with Crippen LogP contribution in [0, 0.1) is 0 Å². The first-order chi connectivity index (χ1) is 32.5. The molecule has 1 aliphatic carbocycles. The molecule has 236 valence electrons. The number of hydrogen-bond donors (Lipinski definition) is 0. The molecule has 8 aromatic carbocycles. The summed E-state index contributed by atoms with van der Waals surface area (Å²) in [5.41, 5.74) is -0.713. The van der Waals surface area contributed by atoms with Crippen molar-refractivity contribution in [3.63, 3.8) is 0 Å². The van der Waals surface area contributed by atoms with E-state index in [0.717, 1.165) is 0 Å². The van der Waals surface area contributed by atoms with Gasteiger partial charge in [0, 0.05) is 24.9 Å². The quantitative estimate of drug-likeness (QED) is 0.172. The molecule has 1 aliphatic rings. The van der Waals surface area contributed by atoms with Crippen LogP contribution in [0.25, 0.3) is 83.0 Å². The summed E-state index contributed by atoms with van der Waals surface area (Å²) in [6.07, 6.45) is 0. The van der Waals surface area contributed by atoms with Gasteiger partial charge in [-0.05, 0) is 96.3 Å². The summed E-state index contributed by atoms with van der Waals surface area (Å²) in [5.74, 6) is 0.180. The van der Waals surface area contributed by atoms with E-state index in [1.165, 1.54) is 28.8 Å². The van der Waals surface area contributed by atoms with E-state index in [1.807, 2.05) is 0 Å². The Morgan fingerprint density at radius 1 is 0.540 bits per heavy atom. The van der Waals surface area contributed by atoms with Crippen molar-refractivity contribution in [3.05, 3.63) is 181 Å². The Bertz CT molecular complexity index is 3620. The molecule has 10 rings (SSSR count). The second-order valence-corrected chi connectivity index (χ2v) is 12.1. The Morgan fingerprint density at radius 2 is 1.10 bits per heavy atom. The summed E-state index contributed by atoms with van der Waals surface area (Å²) in [6.45, 7) is -6.33. The van der Waals surface area contributed by atoms with E-state index >= 15 is 0 Å². The van der Waals surface area contributed by atoms with Crippen LogP contribution in [-0.2, 0) is 5.41 Å². The van der Waals surface area contributed by atoms with Gasteiger partial charge in [0.1, 0.15) is 5.82 Å². The van der Waals surface area contributed by atoms with Gasteiger partial charge in [-0.15, -0.1) is 0 Å². The highest BCUT2D eigenvalue weighted by atomic mass is 15.1. The van der Waals surface area contributed by atoms with E-state index in [0.29, 0.717) is 27.7 Å². The molecule has 1 heterocycles. The summed E-state index contributed by atoms with van der Waals surface area (Å²) in [4.78, 5) is 4.80. The lowest BCUT2D eigenvalue weighted by molar-refractivity contribution is 0.660. The van der Waals surface area contributed by atoms with Gasteiger partial charge in [0.05, 0.1) is 28.9 Å². The molecule has 0 atom stereocenters. The standard InChI is InChI=1S/C48H34N2/c1-48(2)41-21-11-10-16-35(41)36-29-28-33(30-42(36)48)46-39-19-8-6-17-37(39)45(38-18-7-9-20-40(38)46)31-24-26-32(27-25-31)47-49-43-22-12-13-23-44(43)50(47)34-14-4-3-5-15-34/h3-30H,1-2H3/i1D3,2D3,3D,4D,5D,6D,7D,8D,9D,14D,15D,17D,18D,19D,20D. The Balaban J connectivity index is 1.31. The van der Waals surface area contributed by atoms with Crippen LogP contribution in [0.1, 0.15) is 50.9 Å². The maximum atomic E-state index is 9.45. The van der Waals surface area contributed by atoms with E-state index in [1.54, 1.807) is 66.7 Å². The van der Waals surface area contributed by atoms with Crippen molar-refractivity contribution in [2.75, 3.05) is 0 Å². The number of aromatic nitrogens is 2. The molecule has 1 aromatic heterocycles. The van der Waals surface area contributed by atoms with Gasteiger partial charge in [0.25, 0.3) is 0 Å². The number of fused-ring (bicyclic) bond motifs is 6. The minimum absolute atomic E-state index is 0.00122. The fraction of sp³-hybridized carbons (Fsp3) is 0.0625. The molecule has 0 N–H and O–H groups in total. The van der Waals surface area contributed by atoms with Crippen LogP contribution in [0.5, 0.6) is 0 Å². The Kier molecular flexibility index (Phi) is 3.38. The van der Waals surface area contributed by atoms with Crippen LogP contribution in [-0.4, -0.2) is 9.55 Å². The predicted octanol–water partition coefficient (Wildman–Crippen LogP) is 12.6. The highest BCUT2D eigenvalue weighted by molar-refractivity contribution is 6.21. The third kappa shape index (κ3) is 4.18. The van der Waals surface area contributed by atoms with Gasteiger partial charge < -0.3 is 0 Å². The lowest BCUT2D eigenvalue weighted by Gasteiger charge is -2.23. The monoisotopic (exact) mass is 657 g/mol. The molecule has 9 aromatic rings. The Morgan fingerprint density at radius 3 is 1.80 bits per heavy atom. The number of rotatable bonds is 4. The second kappa shape index (κ2) is 10.9. The van der Waals surface area contributed by atoms with Crippen molar-refractivity contribution < 1.29 is 26.0 Å². The summed E-state index contributed by atoms with van der Waals surface area (Å²) in [5, 5.41) is -0.641. The van der Waals surface area contributed by atoms with Crippen molar-refractivity contribution >= 4 is 32.6 Å². The van der Waals surface area contributed by atoms with Crippen molar-refractivity contribution in [3.8, 4) is 50.5 Å². The molecular formula is C48H34N2. The summed E-state index contributed by atoms with van der Waals surface area (Å²) in [6, 6.07) is 16.2. The third-order valence-electron chi connectivity index (χ3n) is 9.41. The summed E-state index contributed by atoms with van der Waals surface area (Å²) >= 11 is 0.